The average Bonchev–Trinajstić information content (AvgIpc) is 3.40. The molecule has 2 aromatic heterocycles. The van der Waals surface area contributed by atoms with E-state index in [4.69, 9.17) is 9.15 Å². The number of hydrogen-bond acceptors (Lipinski definition) is 5. The van der Waals surface area contributed by atoms with E-state index in [0.717, 1.165) is 36.8 Å². The maximum Gasteiger partial charge on any atom is 0.274 e. The molecule has 3 heterocycles. The van der Waals surface area contributed by atoms with Gasteiger partial charge >= 0.3 is 0 Å². The van der Waals surface area contributed by atoms with Crippen molar-refractivity contribution < 1.29 is 19.0 Å². The zero-order valence-corrected chi connectivity index (χ0v) is 16.6. The van der Waals surface area contributed by atoms with Gasteiger partial charge in [-0.15, -0.1) is 21.5 Å². The van der Waals surface area contributed by atoms with E-state index in [1.54, 1.807) is 12.0 Å². The Balaban J connectivity index is 1.36. The number of methoxy groups -OCH3 is 1. The van der Waals surface area contributed by atoms with Gasteiger partial charge < -0.3 is 19.0 Å². The number of quaternary nitrogens is 2. The molecule has 0 aliphatic carbocycles. The van der Waals surface area contributed by atoms with Crippen LogP contribution < -0.4 is 14.5 Å². The molecule has 0 radical (unpaired) electrons. The Kier molecular flexibility index (Phi) is 5.52. The van der Waals surface area contributed by atoms with Crippen molar-refractivity contribution in [2.75, 3.05) is 33.3 Å². The third-order valence-corrected chi connectivity index (χ3v) is 6.24. The summed E-state index contributed by atoms with van der Waals surface area (Å²) in [5, 5.41) is 10.7. The van der Waals surface area contributed by atoms with E-state index < -0.39 is 0 Å². The van der Waals surface area contributed by atoms with Gasteiger partial charge in [-0.05, 0) is 42.6 Å². The summed E-state index contributed by atoms with van der Waals surface area (Å²) >= 11 is 1.85. The first kappa shape index (κ1) is 18.2. The molecule has 0 amide bonds. The first-order valence-corrected chi connectivity index (χ1v) is 10.3. The van der Waals surface area contributed by atoms with Crippen LogP contribution in [0, 0.1) is 0 Å². The molecular weight excluding hydrogens is 360 g/mol. The van der Waals surface area contributed by atoms with Crippen LogP contribution in [0.5, 0.6) is 5.75 Å². The number of thiophene rings is 1. The van der Waals surface area contributed by atoms with Crippen LogP contribution in [0.1, 0.15) is 23.7 Å². The lowest BCUT2D eigenvalue weighted by Gasteiger charge is -2.31. The third-order valence-electron chi connectivity index (χ3n) is 5.36. The summed E-state index contributed by atoms with van der Waals surface area (Å²) in [5.74, 6) is 2.11. The molecule has 0 spiro atoms. The minimum absolute atomic E-state index is 0.216. The number of piperazine rings is 1. The fourth-order valence-corrected chi connectivity index (χ4v) is 4.40. The predicted molar refractivity (Wildman–Crippen MR) is 104 cm³/mol. The molecule has 0 unspecified atom stereocenters. The molecule has 1 aliphatic heterocycles. The Morgan fingerprint density at radius 2 is 1.89 bits per heavy atom. The van der Waals surface area contributed by atoms with Crippen LogP contribution in [0.25, 0.3) is 11.5 Å². The van der Waals surface area contributed by atoms with Gasteiger partial charge in [0.15, 0.2) is 6.04 Å². The second-order valence-corrected chi connectivity index (χ2v) is 8.09. The molecule has 2 N–H and O–H groups in total. The van der Waals surface area contributed by atoms with Crippen molar-refractivity contribution in [2.45, 2.75) is 19.5 Å². The van der Waals surface area contributed by atoms with Gasteiger partial charge in [-0.1, -0.05) is 6.07 Å². The molecule has 1 aliphatic rings. The highest BCUT2D eigenvalue weighted by Gasteiger charge is 2.31. The number of aromatic nitrogens is 2. The summed E-state index contributed by atoms with van der Waals surface area (Å²) in [4.78, 5) is 4.66. The summed E-state index contributed by atoms with van der Waals surface area (Å²) in [6.07, 6.45) is 0. The molecule has 1 saturated heterocycles. The van der Waals surface area contributed by atoms with E-state index in [1.165, 1.54) is 22.9 Å². The smallest absolute Gasteiger partial charge is 0.274 e. The highest BCUT2D eigenvalue weighted by molar-refractivity contribution is 7.09. The van der Waals surface area contributed by atoms with Gasteiger partial charge in [0.05, 0.1) is 12.0 Å². The number of nitrogens with one attached hydrogen (secondary N) is 2. The van der Waals surface area contributed by atoms with Gasteiger partial charge in [0, 0.05) is 5.56 Å². The van der Waals surface area contributed by atoms with Gasteiger partial charge in [-0.3, -0.25) is 0 Å². The fourth-order valence-electron chi connectivity index (χ4n) is 3.63. The summed E-state index contributed by atoms with van der Waals surface area (Å²) < 4.78 is 11.2. The third kappa shape index (κ3) is 4.21. The molecule has 6 nitrogen and oxygen atoms in total. The van der Waals surface area contributed by atoms with E-state index in [2.05, 4.69) is 34.6 Å². The van der Waals surface area contributed by atoms with E-state index in [0.29, 0.717) is 5.89 Å². The Labute approximate surface area is 163 Å². The minimum atomic E-state index is 0.216. The zero-order valence-electron chi connectivity index (χ0n) is 15.8. The summed E-state index contributed by atoms with van der Waals surface area (Å²) in [6.45, 7) is 7.94. The SMILES string of the molecule is COc1ccc(-c2nnc([C@H](C)[NH+]3CC[NH+](Cc4cccs4)CC3)o2)cc1. The summed E-state index contributed by atoms with van der Waals surface area (Å²) in [5.41, 5.74) is 0.918. The van der Waals surface area contributed by atoms with Crippen molar-refractivity contribution in [3.8, 4) is 17.2 Å². The van der Waals surface area contributed by atoms with E-state index in [1.807, 2.05) is 35.6 Å². The first-order valence-electron chi connectivity index (χ1n) is 9.41. The van der Waals surface area contributed by atoms with E-state index >= 15 is 0 Å². The lowest BCUT2D eigenvalue weighted by Crippen LogP contribution is -3.27. The average molecular weight is 387 g/mol. The largest absolute Gasteiger partial charge is 0.497 e. The van der Waals surface area contributed by atoms with Gasteiger partial charge in [0.25, 0.3) is 5.89 Å². The highest BCUT2D eigenvalue weighted by atomic mass is 32.1. The normalized spacial score (nSPS) is 21.1. The molecule has 1 fully saturated rings. The van der Waals surface area contributed by atoms with Crippen LogP contribution in [0.15, 0.2) is 46.2 Å². The molecule has 27 heavy (non-hydrogen) atoms. The summed E-state index contributed by atoms with van der Waals surface area (Å²) in [7, 11) is 1.66. The van der Waals surface area contributed by atoms with Crippen molar-refractivity contribution >= 4 is 11.3 Å². The lowest BCUT2D eigenvalue weighted by atomic mass is 10.2. The van der Waals surface area contributed by atoms with Crippen molar-refractivity contribution in [3.05, 3.63) is 52.5 Å². The standard InChI is InChI=1S/C20H24N4O2S/c1-15(24-11-9-23(10-12-24)14-18-4-3-13-27-18)19-21-22-20(26-19)16-5-7-17(25-2)8-6-16/h3-8,13,15H,9-12,14H2,1-2H3/p+2/t15-/m0/s1. The molecule has 3 aromatic rings. The maximum atomic E-state index is 5.98. The number of benzene rings is 1. The molecular formula is C20H26N4O2S+2. The molecule has 142 valence electrons. The second-order valence-electron chi connectivity index (χ2n) is 7.06. The maximum absolute atomic E-state index is 5.98. The van der Waals surface area contributed by atoms with Crippen molar-refractivity contribution in [1.82, 2.24) is 10.2 Å². The number of nitrogens with zero attached hydrogens (tertiary/aromatic N) is 2. The zero-order chi connectivity index (χ0) is 18.6. The molecule has 7 heteroatoms. The summed E-state index contributed by atoms with van der Waals surface area (Å²) in [6, 6.07) is 12.3. The van der Waals surface area contributed by atoms with Gasteiger partial charge in [-0.2, -0.15) is 0 Å². The Morgan fingerprint density at radius 1 is 1.11 bits per heavy atom. The van der Waals surface area contributed by atoms with Crippen molar-refractivity contribution in [3.63, 3.8) is 0 Å². The quantitative estimate of drug-likeness (QED) is 0.660. The van der Waals surface area contributed by atoms with E-state index in [-0.39, 0.29) is 6.04 Å². The minimum Gasteiger partial charge on any atom is -0.497 e. The lowest BCUT2D eigenvalue weighted by molar-refractivity contribution is -1.03. The first-order chi connectivity index (χ1) is 13.2. The molecule has 1 atom stereocenters. The van der Waals surface area contributed by atoms with Gasteiger partial charge in [-0.25, -0.2) is 0 Å². The Hall–Kier alpha value is -2.22. The molecule has 0 bridgehead atoms. The van der Waals surface area contributed by atoms with Gasteiger partial charge in [0.1, 0.15) is 38.5 Å². The number of rotatable bonds is 6. The molecule has 1 aromatic carbocycles. The number of hydrogen-bond donors (Lipinski definition) is 2. The van der Waals surface area contributed by atoms with Crippen LogP contribution in [0.2, 0.25) is 0 Å². The van der Waals surface area contributed by atoms with Crippen LogP contribution in [0.4, 0.5) is 0 Å². The number of ether oxygens (including phenoxy) is 1. The molecule has 0 saturated carbocycles. The van der Waals surface area contributed by atoms with Crippen molar-refractivity contribution in [2.24, 2.45) is 0 Å². The fraction of sp³-hybridized carbons (Fsp3) is 0.400. The molecule has 4 rings (SSSR count). The highest BCUT2D eigenvalue weighted by Crippen LogP contribution is 2.22. The van der Waals surface area contributed by atoms with Gasteiger partial charge in [0.2, 0.25) is 5.89 Å². The predicted octanol–water partition coefficient (Wildman–Crippen LogP) is 0.851. The Morgan fingerprint density at radius 3 is 2.56 bits per heavy atom. The van der Waals surface area contributed by atoms with Crippen LogP contribution in [0.3, 0.4) is 0 Å². The second kappa shape index (κ2) is 8.21. The topological polar surface area (TPSA) is 57.0 Å². The van der Waals surface area contributed by atoms with E-state index in [9.17, 15) is 0 Å². The van der Waals surface area contributed by atoms with Crippen LogP contribution >= 0.6 is 11.3 Å². The van der Waals surface area contributed by atoms with Crippen molar-refractivity contribution in [1.29, 1.82) is 0 Å². The van der Waals surface area contributed by atoms with Crippen LogP contribution in [-0.2, 0) is 6.54 Å². The van der Waals surface area contributed by atoms with Crippen LogP contribution in [-0.4, -0.2) is 43.5 Å². The monoisotopic (exact) mass is 386 g/mol. The Bertz CT molecular complexity index is 839.